The van der Waals surface area contributed by atoms with Gasteiger partial charge in [0.2, 0.25) is 0 Å². The van der Waals surface area contributed by atoms with Gasteiger partial charge in [-0.15, -0.1) is 11.3 Å². The van der Waals surface area contributed by atoms with Crippen molar-refractivity contribution in [2.24, 2.45) is 0 Å². The molecule has 0 bridgehead atoms. The highest BCUT2D eigenvalue weighted by Crippen LogP contribution is 2.18. The van der Waals surface area contributed by atoms with E-state index in [0.717, 1.165) is 0 Å². The summed E-state index contributed by atoms with van der Waals surface area (Å²) in [5, 5.41) is 4.71. The van der Waals surface area contributed by atoms with Crippen LogP contribution in [0.2, 0.25) is 0 Å². The Balaban J connectivity index is 2.01. The standard InChI is InChI=1S/C13H14N4O3S/c1-2-20-10(18)6-8-7-21-13(16-8)17-12(19)9-4-3-5-15-11(9)14/h3-5,7H,2,6H2,1H3,(H2,14,15)(H,16,17,19). The highest BCUT2D eigenvalue weighted by atomic mass is 32.1. The maximum atomic E-state index is 12.0. The van der Waals surface area contributed by atoms with E-state index in [2.05, 4.69) is 15.3 Å². The van der Waals surface area contributed by atoms with Gasteiger partial charge in [0.1, 0.15) is 5.82 Å². The summed E-state index contributed by atoms with van der Waals surface area (Å²) in [4.78, 5) is 31.4. The summed E-state index contributed by atoms with van der Waals surface area (Å²) in [7, 11) is 0. The number of carbonyl (C=O) groups excluding carboxylic acids is 2. The molecule has 0 aliphatic carbocycles. The summed E-state index contributed by atoms with van der Waals surface area (Å²) in [6.07, 6.45) is 1.59. The largest absolute Gasteiger partial charge is 0.466 e. The van der Waals surface area contributed by atoms with Gasteiger partial charge in [-0.3, -0.25) is 14.9 Å². The Morgan fingerprint density at radius 3 is 3.00 bits per heavy atom. The van der Waals surface area contributed by atoms with Gasteiger partial charge in [0.15, 0.2) is 5.13 Å². The molecule has 0 fully saturated rings. The van der Waals surface area contributed by atoms with E-state index in [1.165, 1.54) is 17.5 Å². The maximum Gasteiger partial charge on any atom is 0.311 e. The highest BCUT2D eigenvalue weighted by molar-refractivity contribution is 7.14. The number of ether oxygens (including phenoxy) is 1. The van der Waals surface area contributed by atoms with Gasteiger partial charge in [-0.25, -0.2) is 9.97 Å². The van der Waals surface area contributed by atoms with E-state index in [4.69, 9.17) is 10.5 Å². The predicted molar refractivity (Wildman–Crippen MR) is 79.1 cm³/mol. The van der Waals surface area contributed by atoms with E-state index >= 15 is 0 Å². The molecule has 110 valence electrons. The Labute approximate surface area is 125 Å². The third kappa shape index (κ3) is 3.99. The average Bonchev–Trinajstić information content (AvgIpc) is 2.86. The molecule has 21 heavy (non-hydrogen) atoms. The van der Waals surface area contributed by atoms with E-state index in [9.17, 15) is 9.59 Å². The fraction of sp³-hybridized carbons (Fsp3) is 0.231. The van der Waals surface area contributed by atoms with Crippen molar-refractivity contribution < 1.29 is 14.3 Å². The van der Waals surface area contributed by atoms with Gasteiger partial charge in [0, 0.05) is 11.6 Å². The second-order valence-electron chi connectivity index (χ2n) is 4.02. The molecular formula is C13H14N4O3S. The van der Waals surface area contributed by atoms with Crippen LogP contribution in [0.4, 0.5) is 10.9 Å². The van der Waals surface area contributed by atoms with Crippen molar-refractivity contribution in [3.63, 3.8) is 0 Å². The number of anilines is 2. The number of amides is 1. The number of nitrogen functional groups attached to an aromatic ring is 1. The molecule has 1 amide bonds. The Bertz CT molecular complexity index is 656. The molecule has 0 saturated heterocycles. The van der Waals surface area contributed by atoms with Gasteiger partial charge < -0.3 is 10.5 Å². The zero-order chi connectivity index (χ0) is 15.2. The molecule has 2 aromatic rings. The molecule has 0 saturated carbocycles. The minimum absolute atomic E-state index is 0.0786. The molecule has 0 atom stereocenters. The lowest BCUT2D eigenvalue weighted by Crippen LogP contribution is -2.14. The van der Waals surface area contributed by atoms with Crippen molar-refractivity contribution in [2.75, 3.05) is 17.7 Å². The lowest BCUT2D eigenvalue weighted by Gasteiger charge is -2.03. The quantitative estimate of drug-likeness (QED) is 0.810. The topological polar surface area (TPSA) is 107 Å². The summed E-state index contributed by atoms with van der Waals surface area (Å²) < 4.78 is 4.83. The van der Waals surface area contributed by atoms with Crippen molar-refractivity contribution in [2.45, 2.75) is 13.3 Å². The van der Waals surface area contributed by atoms with Crippen LogP contribution in [0.5, 0.6) is 0 Å². The first-order valence-corrected chi connectivity index (χ1v) is 7.10. The van der Waals surface area contributed by atoms with Crippen molar-refractivity contribution >= 4 is 34.2 Å². The van der Waals surface area contributed by atoms with Gasteiger partial charge in [-0.2, -0.15) is 0 Å². The van der Waals surface area contributed by atoms with E-state index in [1.807, 2.05) is 0 Å². The van der Waals surface area contributed by atoms with Crippen LogP contribution in [0.3, 0.4) is 0 Å². The van der Waals surface area contributed by atoms with Gasteiger partial charge in [0.25, 0.3) is 5.91 Å². The zero-order valence-corrected chi connectivity index (χ0v) is 12.1. The Morgan fingerprint density at radius 2 is 2.29 bits per heavy atom. The van der Waals surface area contributed by atoms with E-state index in [1.54, 1.807) is 24.4 Å². The number of thiazole rings is 1. The van der Waals surface area contributed by atoms with Crippen LogP contribution >= 0.6 is 11.3 Å². The molecule has 0 aliphatic heterocycles. The molecule has 0 aliphatic rings. The summed E-state index contributed by atoms with van der Waals surface area (Å²) in [5.41, 5.74) is 6.46. The molecule has 3 N–H and O–H groups in total. The lowest BCUT2D eigenvalue weighted by molar-refractivity contribution is -0.142. The summed E-state index contributed by atoms with van der Waals surface area (Å²) in [6, 6.07) is 3.20. The van der Waals surface area contributed by atoms with Gasteiger partial charge in [-0.05, 0) is 19.1 Å². The number of carbonyl (C=O) groups is 2. The number of hydrogen-bond donors (Lipinski definition) is 2. The normalized spacial score (nSPS) is 10.1. The molecule has 2 aromatic heterocycles. The first-order chi connectivity index (χ1) is 10.1. The molecular weight excluding hydrogens is 292 g/mol. The van der Waals surface area contributed by atoms with Crippen molar-refractivity contribution in [1.29, 1.82) is 0 Å². The Hall–Kier alpha value is -2.48. The fourth-order valence-electron chi connectivity index (χ4n) is 1.58. The van der Waals surface area contributed by atoms with Crippen LogP contribution in [0.15, 0.2) is 23.7 Å². The first kappa shape index (κ1) is 14.9. The van der Waals surface area contributed by atoms with Crippen molar-refractivity contribution in [1.82, 2.24) is 9.97 Å². The molecule has 7 nitrogen and oxygen atoms in total. The number of esters is 1. The number of nitrogens with zero attached hydrogens (tertiary/aromatic N) is 2. The lowest BCUT2D eigenvalue weighted by atomic mass is 10.2. The third-order valence-corrected chi connectivity index (χ3v) is 3.29. The van der Waals surface area contributed by atoms with E-state index in [0.29, 0.717) is 17.4 Å². The second-order valence-corrected chi connectivity index (χ2v) is 4.87. The molecule has 0 unspecified atom stereocenters. The number of hydrogen-bond acceptors (Lipinski definition) is 7. The molecule has 8 heteroatoms. The zero-order valence-electron chi connectivity index (χ0n) is 11.3. The molecule has 2 heterocycles. The van der Waals surface area contributed by atoms with Gasteiger partial charge >= 0.3 is 5.97 Å². The van der Waals surface area contributed by atoms with Crippen LogP contribution in [0.25, 0.3) is 0 Å². The predicted octanol–water partition coefficient (Wildman–Crippen LogP) is 1.48. The third-order valence-electron chi connectivity index (χ3n) is 2.49. The smallest absolute Gasteiger partial charge is 0.311 e. The van der Waals surface area contributed by atoms with Gasteiger partial charge in [0.05, 0.1) is 24.3 Å². The summed E-state index contributed by atoms with van der Waals surface area (Å²) in [5.74, 6) is -0.590. The van der Waals surface area contributed by atoms with Crippen LogP contribution in [0.1, 0.15) is 23.0 Å². The summed E-state index contributed by atoms with van der Waals surface area (Å²) >= 11 is 1.23. The number of nitrogens with two attached hydrogens (primary N) is 1. The van der Waals surface area contributed by atoms with Crippen LogP contribution in [-0.2, 0) is 16.0 Å². The summed E-state index contributed by atoms with van der Waals surface area (Å²) in [6.45, 7) is 2.07. The number of rotatable bonds is 5. The van der Waals surface area contributed by atoms with Crippen LogP contribution < -0.4 is 11.1 Å². The SMILES string of the molecule is CCOC(=O)Cc1csc(NC(=O)c2cccnc2N)n1. The minimum Gasteiger partial charge on any atom is -0.466 e. The van der Waals surface area contributed by atoms with Crippen molar-refractivity contribution in [3.05, 3.63) is 35.0 Å². The average molecular weight is 306 g/mol. The highest BCUT2D eigenvalue weighted by Gasteiger charge is 2.13. The Kier molecular flexibility index (Phi) is 4.83. The maximum absolute atomic E-state index is 12.0. The Morgan fingerprint density at radius 1 is 1.48 bits per heavy atom. The number of pyridine rings is 1. The minimum atomic E-state index is -0.391. The van der Waals surface area contributed by atoms with Crippen LogP contribution in [-0.4, -0.2) is 28.5 Å². The van der Waals surface area contributed by atoms with Gasteiger partial charge in [-0.1, -0.05) is 0 Å². The second kappa shape index (κ2) is 6.80. The molecule has 0 aromatic carbocycles. The molecule has 0 radical (unpaired) electrons. The van der Waals surface area contributed by atoms with E-state index < -0.39 is 5.91 Å². The van der Waals surface area contributed by atoms with Crippen LogP contribution in [0, 0.1) is 0 Å². The monoisotopic (exact) mass is 306 g/mol. The first-order valence-electron chi connectivity index (χ1n) is 6.22. The number of aromatic nitrogens is 2. The van der Waals surface area contributed by atoms with Crippen molar-refractivity contribution in [3.8, 4) is 0 Å². The van der Waals surface area contributed by atoms with E-state index in [-0.39, 0.29) is 23.8 Å². The molecule has 2 rings (SSSR count). The molecule has 0 spiro atoms. The fourth-order valence-corrected chi connectivity index (χ4v) is 2.28. The number of nitrogens with one attached hydrogen (secondary N) is 1.